The van der Waals surface area contributed by atoms with Crippen LogP contribution in [0.3, 0.4) is 0 Å². The van der Waals surface area contributed by atoms with Gasteiger partial charge in [0, 0.05) is 6.54 Å². The van der Waals surface area contributed by atoms with Gasteiger partial charge >= 0.3 is 5.97 Å². The fourth-order valence-corrected chi connectivity index (χ4v) is 0.837. The second-order valence-electron chi connectivity index (χ2n) is 2.02. The fourth-order valence-electron chi connectivity index (χ4n) is 0.837. The van der Waals surface area contributed by atoms with E-state index in [4.69, 9.17) is 5.11 Å². The normalized spacial score (nSPS) is 29.9. The Balaban J connectivity index is 2.55. The first-order chi connectivity index (χ1) is 4.25. The molecule has 0 unspecified atom stereocenters. The number of nitrogens with one attached hydrogen (secondary N) is 1. The molecule has 0 aromatic rings. The van der Waals surface area contributed by atoms with Gasteiger partial charge < -0.3 is 5.11 Å². The number of allylic oxidation sites excluding steroid dienone is 1. The SMILES string of the molecule is CC=C1CN[C@@H]1C(=O)O. The monoisotopic (exact) mass is 127 g/mol. The lowest BCUT2D eigenvalue weighted by molar-refractivity contribution is -0.139. The maximum atomic E-state index is 10.2. The van der Waals surface area contributed by atoms with E-state index >= 15 is 0 Å². The van der Waals surface area contributed by atoms with Crippen LogP contribution in [0.4, 0.5) is 0 Å². The molecule has 50 valence electrons. The van der Waals surface area contributed by atoms with Crippen LogP contribution in [0.2, 0.25) is 0 Å². The highest BCUT2D eigenvalue weighted by Gasteiger charge is 2.28. The van der Waals surface area contributed by atoms with Gasteiger partial charge in [-0.2, -0.15) is 0 Å². The molecule has 1 aliphatic heterocycles. The molecule has 0 saturated carbocycles. The van der Waals surface area contributed by atoms with Gasteiger partial charge in [0.2, 0.25) is 0 Å². The molecule has 2 N–H and O–H groups in total. The Labute approximate surface area is 53.4 Å². The largest absolute Gasteiger partial charge is 0.480 e. The summed E-state index contributed by atoms with van der Waals surface area (Å²) in [5.74, 6) is -0.783. The second-order valence-corrected chi connectivity index (χ2v) is 2.02. The van der Waals surface area contributed by atoms with Gasteiger partial charge in [0.15, 0.2) is 0 Å². The van der Waals surface area contributed by atoms with Gasteiger partial charge in [0.05, 0.1) is 0 Å². The molecule has 1 rings (SSSR count). The number of carboxylic acid groups (broad SMARTS) is 1. The Hall–Kier alpha value is -0.830. The molecule has 1 aliphatic rings. The van der Waals surface area contributed by atoms with Crippen LogP contribution in [0.15, 0.2) is 11.6 Å². The molecule has 0 spiro atoms. The van der Waals surface area contributed by atoms with E-state index in [1.807, 2.05) is 13.0 Å². The molecule has 1 fully saturated rings. The van der Waals surface area contributed by atoms with Crippen LogP contribution in [0.1, 0.15) is 6.92 Å². The smallest absolute Gasteiger partial charge is 0.325 e. The Bertz CT molecular complexity index is 162. The Morgan fingerprint density at radius 1 is 2.00 bits per heavy atom. The number of hydrogen-bond donors (Lipinski definition) is 2. The van der Waals surface area contributed by atoms with Crippen molar-refractivity contribution in [2.45, 2.75) is 13.0 Å². The van der Waals surface area contributed by atoms with Crippen LogP contribution in [0.25, 0.3) is 0 Å². The van der Waals surface area contributed by atoms with E-state index in [9.17, 15) is 4.79 Å². The van der Waals surface area contributed by atoms with Crippen LogP contribution in [0.5, 0.6) is 0 Å². The summed E-state index contributed by atoms with van der Waals surface area (Å²) >= 11 is 0. The number of hydrogen-bond acceptors (Lipinski definition) is 2. The zero-order chi connectivity index (χ0) is 6.85. The molecule has 1 atom stereocenters. The number of aliphatic carboxylic acids is 1. The van der Waals surface area contributed by atoms with Gasteiger partial charge in [0.1, 0.15) is 6.04 Å². The van der Waals surface area contributed by atoms with Crippen molar-refractivity contribution in [3.63, 3.8) is 0 Å². The molecule has 0 bridgehead atoms. The molecule has 1 heterocycles. The summed E-state index contributed by atoms with van der Waals surface area (Å²) in [5, 5.41) is 11.2. The molecule has 9 heavy (non-hydrogen) atoms. The van der Waals surface area contributed by atoms with Crippen LogP contribution in [-0.4, -0.2) is 23.7 Å². The van der Waals surface area contributed by atoms with Crippen LogP contribution in [-0.2, 0) is 4.79 Å². The van der Waals surface area contributed by atoms with Gasteiger partial charge in [-0.05, 0) is 12.5 Å². The molecule has 0 aromatic carbocycles. The van der Waals surface area contributed by atoms with Gasteiger partial charge in [-0.25, -0.2) is 0 Å². The van der Waals surface area contributed by atoms with E-state index in [1.165, 1.54) is 0 Å². The third-order valence-electron chi connectivity index (χ3n) is 1.50. The topological polar surface area (TPSA) is 49.3 Å². The Morgan fingerprint density at radius 2 is 2.67 bits per heavy atom. The van der Waals surface area contributed by atoms with Crippen molar-refractivity contribution < 1.29 is 9.90 Å². The molecule has 0 radical (unpaired) electrons. The van der Waals surface area contributed by atoms with Gasteiger partial charge in [-0.15, -0.1) is 0 Å². The first kappa shape index (κ1) is 6.29. The summed E-state index contributed by atoms with van der Waals surface area (Å²) in [7, 11) is 0. The van der Waals surface area contributed by atoms with Crippen molar-refractivity contribution in [3.05, 3.63) is 11.6 Å². The maximum Gasteiger partial charge on any atom is 0.325 e. The first-order valence-corrected chi connectivity index (χ1v) is 2.87. The maximum absolute atomic E-state index is 10.2. The molecule has 1 saturated heterocycles. The van der Waals surface area contributed by atoms with Crippen molar-refractivity contribution in [2.24, 2.45) is 0 Å². The van der Waals surface area contributed by atoms with Gasteiger partial charge in [-0.1, -0.05) is 6.08 Å². The average molecular weight is 127 g/mol. The Kier molecular flexibility index (Phi) is 1.53. The first-order valence-electron chi connectivity index (χ1n) is 2.87. The number of carbonyl (C=O) groups is 1. The summed E-state index contributed by atoms with van der Waals surface area (Å²) in [4.78, 5) is 10.2. The molecule has 3 heteroatoms. The van der Waals surface area contributed by atoms with Crippen molar-refractivity contribution in [1.29, 1.82) is 0 Å². The summed E-state index contributed by atoms with van der Waals surface area (Å²) < 4.78 is 0. The van der Waals surface area contributed by atoms with E-state index < -0.39 is 12.0 Å². The summed E-state index contributed by atoms with van der Waals surface area (Å²) in [5.41, 5.74) is 0.975. The minimum Gasteiger partial charge on any atom is -0.480 e. The molecule has 0 aliphatic carbocycles. The summed E-state index contributed by atoms with van der Waals surface area (Å²) in [6.07, 6.45) is 1.84. The van der Waals surface area contributed by atoms with Gasteiger partial charge in [0.25, 0.3) is 0 Å². The third kappa shape index (κ3) is 0.954. The van der Waals surface area contributed by atoms with Crippen molar-refractivity contribution in [3.8, 4) is 0 Å². The Morgan fingerprint density at radius 3 is 2.78 bits per heavy atom. The highest BCUT2D eigenvalue weighted by Crippen LogP contribution is 2.10. The molecular formula is C6H9NO2. The lowest BCUT2D eigenvalue weighted by Gasteiger charge is -2.27. The van der Waals surface area contributed by atoms with E-state index in [0.717, 1.165) is 12.1 Å². The quantitative estimate of drug-likeness (QED) is 0.487. The van der Waals surface area contributed by atoms with Crippen molar-refractivity contribution in [1.82, 2.24) is 5.32 Å². The van der Waals surface area contributed by atoms with Crippen molar-refractivity contribution in [2.75, 3.05) is 6.54 Å². The van der Waals surface area contributed by atoms with Gasteiger partial charge in [-0.3, -0.25) is 10.1 Å². The lowest BCUT2D eigenvalue weighted by atomic mass is 10.00. The van der Waals surface area contributed by atoms with Crippen LogP contribution >= 0.6 is 0 Å². The number of rotatable bonds is 1. The lowest BCUT2D eigenvalue weighted by Crippen LogP contribution is -2.51. The standard InChI is InChI=1S/C6H9NO2/c1-2-4-3-7-5(4)6(8)9/h2,5,7H,3H2,1H3,(H,8,9)/t5-/m0/s1. The van der Waals surface area contributed by atoms with E-state index in [1.54, 1.807) is 0 Å². The van der Waals surface area contributed by atoms with Crippen LogP contribution in [0, 0.1) is 0 Å². The fraction of sp³-hybridized carbons (Fsp3) is 0.500. The highest BCUT2D eigenvalue weighted by atomic mass is 16.4. The van der Waals surface area contributed by atoms with E-state index in [0.29, 0.717) is 0 Å². The molecular weight excluding hydrogens is 118 g/mol. The van der Waals surface area contributed by atoms with E-state index in [-0.39, 0.29) is 0 Å². The second kappa shape index (κ2) is 2.19. The highest BCUT2D eigenvalue weighted by molar-refractivity contribution is 5.79. The predicted molar refractivity (Wildman–Crippen MR) is 33.2 cm³/mol. The molecule has 0 aromatic heterocycles. The minimum absolute atomic E-state index is 0.407. The zero-order valence-corrected chi connectivity index (χ0v) is 5.22. The molecule has 3 nitrogen and oxygen atoms in total. The third-order valence-corrected chi connectivity index (χ3v) is 1.50. The van der Waals surface area contributed by atoms with E-state index in [2.05, 4.69) is 5.32 Å². The average Bonchev–Trinajstić information content (AvgIpc) is 1.61. The molecule has 0 amide bonds. The van der Waals surface area contributed by atoms with Crippen molar-refractivity contribution >= 4 is 5.97 Å². The van der Waals surface area contributed by atoms with Crippen LogP contribution < -0.4 is 5.32 Å². The summed E-state index contributed by atoms with van der Waals surface area (Å²) in [6, 6.07) is -0.407. The zero-order valence-electron chi connectivity index (χ0n) is 5.22. The minimum atomic E-state index is -0.783. The summed E-state index contributed by atoms with van der Waals surface area (Å²) in [6.45, 7) is 2.58. The predicted octanol–water partition coefficient (Wildman–Crippen LogP) is -0.0109. The number of carboxylic acids is 1.